The summed E-state index contributed by atoms with van der Waals surface area (Å²) in [4.78, 5) is 41.2. The largest absolute Gasteiger partial charge is 0.459 e. The maximum Gasteiger partial charge on any atom is 0.329 e. The van der Waals surface area contributed by atoms with Crippen LogP contribution >= 0.6 is 0 Å². The minimum Gasteiger partial charge on any atom is -0.459 e. The lowest BCUT2D eigenvalue weighted by Gasteiger charge is -2.36. The van der Waals surface area contributed by atoms with Crippen LogP contribution in [0.4, 0.5) is 16.2 Å². The first-order chi connectivity index (χ1) is 15.1. The predicted molar refractivity (Wildman–Crippen MR) is 122 cm³/mol. The molecule has 0 unspecified atom stereocenters. The zero-order valence-electron chi connectivity index (χ0n) is 19.2. The molecular weight excluding hydrogens is 412 g/mol. The van der Waals surface area contributed by atoms with Gasteiger partial charge in [-0.05, 0) is 39.0 Å². The van der Waals surface area contributed by atoms with E-state index in [4.69, 9.17) is 10.1 Å². The van der Waals surface area contributed by atoms with Crippen LogP contribution in [0.3, 0.4) is 0 Å². The Labute approximate surface area is 188 Å². The molecule has 0 radical (unpaired) electrons. The number of hydrogen-bond donors (Lipinski definition) is 3. The minimum atomic E-state index is -0.571. The zero-order valence-corrected chi connectivity index (χ0v) is 19.2. The number of carbonyl (C=O) groups excluding carboxylic acids is 3. The van der Waals surface area contributed by atoms with Crippen LogP contribution in [-0.4, -0.2) is 85.5 Å². The first-order valence-corrected chi connectivity index (χ1v) is 10.8. The molecule has 0 bridgehead atoms. The number of nitrogens with one attached hydrogen (secondary N) is 3. The van der Waals surface area contributed by atoms with Crippen molar-refractivity contribution in [1.82, 2.24) is 15.1 Å². The predicted octanol–water partition coefficient (Wildman–Crippen LogP) is 1.46. The quantitative estimate of drug-likeness (QED) is 0.357. The number of benzene rings is 1. The van der Waals surface area contributed by atoms with Gasteiger partial charge < -0.3 is 15.0 Å². The van der Waals surface area contributed by atoms with Crippen LogP contribution < -0.4 is 15.5 Å². The number of imide groups is 1. The minimum absolute atomic E-state index is 0.0491. The number of carbonyl (C=O) groups is 3. The summed E-state index contributed by atoms with van der Waals surface area (Å²) in [5, 5.41) is 13.8. The zero-order chi connectivity index (χ0) is 23.5. The fourth-order valence-electron chi connectivity index (χ4n) is 3.79. The summed E-state index contributed by atoms with van der Waals surface area (Å²) in [7, 11) is 1.77. The molecule has 174 valence electrons. The average molecular weight is 445 g/mol. The molecule has 3 rings (SSSR count). The van der Waals surface area contributed by atoms with Crippen molar-refractivity contribution >= 4 is 35.1 Å². The Hall–Kier alpha value is -3.14. The van der Waals surface area contributed by atoms with Gasteiger partial charge in [0.15, 0.2) is 0 Å². The molecule has 2 aliphatic rings. The van der Waals surface area contributed by atoms with Gasteiger partial charge in [-0.1, -0.05) is 0 Å². The van der Waals surface area contributed by atoms with Crippen molar-refractivity contribution in [1.29, 1.82) is 5.41 Å². The normalized spacial score (nSPS) is 17.8. The van der Waals surface area contributed by atoms with E-state index >= 15 is 0 Å². The molecule has 0 spiro atoms. The fourth-order valence-corrected chi connectivity index (χ4v) is 3.79. The van der Waals surface area contributed by atoms with E-state index in [0.29, 0.717) is 5.56 Å². The molecule has 2 aliphatic heterocycles. The Morgan fingerprint density at radius 3 is 2.44 bits per heavy atom. The summed E-state index contributed by atoms with van der Waals surface area (Å²) >= 11 is 0. The van der Waals surface area contributed by atoms with Gasteiger partial charge in [-0.15, -0.1) is 0 Å². The summed E-state index contributed by atoms with van der Waals surface area (Å²) in [5.41, 5.74) is 1.83. The number of urea groups is 1. The van der Waals surface area contributed by atoms with Crippen molar-refractivity contribution in [3.63, 3.8) is 0 Å². The second-order valence-corrected chi connectivity index (χ2v) is 8.93. The van der Waals surface area contributed by atoms with Crippen molar-refractivity contribution in [2.24, 2.45) is 0 Å². The average Bonchev–Trinajstić information content (AvgIpc) is 2.72. The number of amidine groups is 1. The summed E-state index contributed by atoms with van der Waals surface area (Å²) in [5.74, 6) is -0.489. The molecule has 3 amide bonds. The van der Waals surface area contributed by atoms with E-state index in [9.17, 15) is 14.4 Å². The van der Waals surface area contributed by atoms with Gasteiger partial charge in [0, 0.05) is 63.1 Å². The van der Waals surface area contributed by atoms with Gasteiger partial charge in [0.25, 0.3) is 0 Å². The number of ether oxygens (including phenoxy) is 1. The van der Waals surface area contributed by atoms with Crippen LogP contribution in [0.15, 0.2) is 18.2 Å². The number of piperazine rings is 1. The van der Waals surface area contributed by atoms with E-state index in [-0.39, 0.29) is 37.2 Å². The number of nitrogens with zero attached hydrogens (tertiary/aromatic N) is 3. The molecule has 0 aliphatic carbocycles. The Kier molecular flexibility index (Phi) is 7.02. The van der Waals surface area contributed by atoms with E-state index in [1.165, 1.54) is 4.90 Å². The van der Waals surface area contributed by atoms with E-state index < -0.39 is 11.6 Å². The molecule has 0 atom stereocenters. The van der Waals surface area contributed by atoms with Crippen molar-refractivity contribution in [3.05, 3.63) is 23.8 Å². The van der Waals surface area contributed by atoms with Gasteiger partial charge in [0.1, 0.15) is 11.4 Å². The van der Waals surface area contributed by atoms with E-state index in [2.05, 4.69) is 20.4 Å². The van der Waals surface area contributed by atoms with E-state index in [1.54, 1.807) is 7.05 Å². The fraction of sp³-hybridized carbons (Fsp3) is 0.545. The van der Waals surface area contributed by atoms with Crippen LogP contribution in [0.25, 0.3) is 0 Å². The maximum atomic E-state index is 12.1. The third-order valence-corrected chi connectivity index (χ3v) is 5.36. The molecule has 32 heavy (non-hydrogen) atoms. The molecule has 0 aromatic heterocycles. The van der Waals surface area contributed by atoms with Gasteiger partial charge in [-0.3, -0.25) is 30.1 Å². The SMILES string of the molecule is CNc1cc(N2CCN(CC(=O)OC(C)(C)C)CC2)ccc1C(=N)N1CCC(=O)NC1=O. The lowest BCUT2D eigenvalue weighted by atomic mass is 10.1. The second kappa shape index (κ2) is 9.56. The molecule has 1 aromatic rings. The van der Waals surface area contributed by atoms with Crippen molar-refractivity contribution in [3.8, 4) is 0 Å². The van der Waals surface area contributed by atoms with Gasteiger partial charge in [-0.2, -0.15) is 0 Å². The van der Waals surface area contributed by atoms with Gasteiger partial charge >= 0.3 is 12.0 Å². The molecule has 0 saturated carbocycles. The molecule has 10 heteroatoms. The molecule has 3 N–H and O–H groups in total. The molecular formula is C22H32N6O4. The smallest absolute Gasteiger partial charge is 0.329 e. The molecule has 1 aromatic carbocycles. The highest BCUT2D eigenvalue weighted by atomic mass is 16.6. The Balaban J connectivity index is 1.63. The summed E-state index contributed by atoms with van der Waals surface area (Å²) in [6.45, 7) is 9.08. The number of amides is 3. The third kappa shape index (κ3) is 5.76. The molecule has 2 fully saturated rings. The van der Waals surface area contributed by atoms with Crippen molar-refractivity contribution in [2.45, 2.75) is 32.8 Å². The van der Waals surface area contributed by atoms with E-state index in [0.717, 1.165) is 37.6 Å². The van der Waals surface area contributed by atoms with E-state index in [1.807, 2.05) is 39.0 Å². The lowest BCUT2D eigenvalue weighted by molar-refractivity contribution is -0.156. The summed E-state index contributed by atoms with van der Waals surface area (Å²) in [6, 6.07) is 5.14. The van der Waals surface area contributed by atoms with Gasteiger partial charge in [-0.25, -0.2) is 4.79 Å². The topological polar surface area (TPSA) is 118 Å². The molecule has 2 heterocycles. The maximum absolute atomic E-state index is 12.1. The second-order valence-electron chi connectivity index (χ2n) is 8.93. The highest BCUT2D eigenvalue weighted by Gasteiger charge is 2.28. The van der Waals surface area contributed by atoms with Crippen molar-refractivity contribution in [2.75, 3.05) is 56.5 Å². The Morgan fingerprint density at radius 1 is 1.16 bits per heavy atom. The third-order valence-electron chi connectivity index (χ3n) is 5.36. The van der Waals surface area contributed by atoms with Crippen LogP contribution in [0.5, 0.6) is 0 Å². The first-order valence-electron chi connectivity index (χ1n) is 10.8. The number of anilines is 2. The van der Waals surface area contributed by atoms with Crippen molar-refractivity contribution < 1.29 is 19.1 Å². The monoisotopic (exact) mass is 444 g/mol. The summed E-state index contributed by atoms with van der Waals surface area (Å²) < 4.78 is 5.41. The molecule has 10 nitrogen and oxygen atoms in total. The Morgan fingerprint density at radius 2 is 1.84 bits per heavy atom. The summed E-state index contributed by atoms with van der Waals surface area (Å²) in [6.07, 6.45) is 0.175. The van der Waals surface area contributed by atoms with Crippen LogP contribution in [0, 0.1) is 5.41 Å². The lowest BCUT2D eigenvalue weighted by Crippen LogP contribution is -2.52. The number of rotatable bonds is 5. The van der Waals surface area contributed by atoms with Crippen LogP contribution in [-0.2, 0) is 14.3 Å². The highest BCUT2D eigenvalue weighted by molar-refractivity contribution is 6.12. The standard InChI is InChI=1S/C22H32N6O4/c1-22(2,3)32-19(30)14-26-9-11-27(12-10-26)15-5-6-16(17(13-15)24-4)20(23)28-8-7-18(29)25-21(28)31/h5-6,13,23-24H,7-12,14H2,1-4H3,(H,25,29,31). The van der Waals surface area contributed by atoms with Gasteiger partial charge in [0.2, 0.25) is 5.91 Å². The number of esters is 1. The first kappa shape index (κ1) is 23.5. The Bertz CT molecular complexity index is 902. The molecule has 2 saturated heterocycles. The van der Waals surface area contributed by atoms with Crippen LogP contribution in [0.2, 0.25) is 0 Å². The number of hydrogen-bond acceptors (Lipinski definition) is 8. The van der Waals surface area contributed by atoms with Gasteiger partial charge in [0.05, 0.1) is 6.54 Å². The highest BCUT2D eigenvalue weighted by Crippen LogP contribution is 2.26. The van der Waals surface area contributed by atoms with Crippen LogP contribution in [0.1, 0.15) is 32.8 Å².